The molecule has 3 aromatic rings. The van der Waals surface area contributed by atoms with Crippen LogP contribution >= 0.6 is 0 Å². The summed E-state index contributed by atoms with van der Waals surface area (Å²) in [6, 6.07) is 16.4. The first-order chi connectivity index (χ1) is 10.1. The molecule has 0 spiro atoms. The number of aromatic nitrogens is 2. The molecule has 106 valence electrons. The first-order valence-electron chi connectivity index (χ1n) is 6.59. The van der Waals surface area contributed by atoms with E-state index in [2.05, 4.69) is 4.98 Å². The second-order valence-corrected chi connectivity index (χ2v) is 5.00. The second-order valence-electron chi connectivity index (χ2n) is 5.00. The van der Waals surface area contributed by atoms with Crippen molar-refractivity contribution < 1.29 is 9.90 Å². The maximum Gasteiger partial charge on any atom is 0.330 e. The Morgan fingerprint density at radius 1 is 1.14 bits per heavy atom. The van der Waals surface area contributed by atoms with Crippen LogP contribution in [0.3, 0.4) is 0 Å². The van der Waals surface area contributed by atoms with E-state index >= 15 is 0 Å². The fourth-order valence-corrected chi connectivity index (χ4v) is 2.42. The average molecular weight is 281 g/mol. The molecule has 21 heavy (non-hydrogen) atoms. The first-order valence-corrected chi connectivity index (χ1v) is 6.59. The summed E-state index contributed by atoms with van der Waals surface area (Å²) < 4.78 is 1.77. The van der Waals surface area contributed by atoms with Crippen molar-refractivity contribution in [2.24, 2.45) is 5.73 Å². The van der Waals surface area contributed by atoms with Gasteiger partial charge in [0.05, 0.1) is 23.9 Å². The van der Waals surface area contributed by atoms with Crippen LogP contribution in [-0.2, 0) is 16.9 Å². The minimum absolute atomic E-state index is 0.118. The summed E-state index contributed by atoms with van der Waals surface area (Å²) in [6.07, 6.45) is 1.62. The van der Waals surface area contributed by atoms with E-state index in [1.165, 1.54) is 0 Å². The van der Waals surface area contributed by atoms with Gasteiger partial charge in [0, 0.05) is 0 Å². The van der Waals surface area contributed by atoms with Crippen LogP contribution < -0.4 is 5.73 Å². The molecule has 0 radical (unpaired) electrons. The third-order valence-electron chi connectivity index (χ3n) is 3.62. The molecule has 5 nitrogen and oxygen atoms in total. The predicted molar refractivity (Wildman–Crippen MR) is 79.7 cm³/mol. The van der Waals surface area contributed by atoms with Gasteiger partial charge in [0.2, 0.25) is 0 Å². The van der Waals surface area contributed by atoms with Gasteiger partial charge in [-0.05, 0) is 17.7 Å². The summed E-state index contributed by atoms with van der Waals surface area (Å²) in [6.45, 7) is 0.118. The molecule has 0 amide bonds. The maximum atomic E-state index is 11.7. The van der Waals surface area contributed by atoms with Gasteiger partial charge in [-0.2, -0.15) is 0 Å². The Labute approximate surface area is 121 Å². The molecule has 0 aliphatic rings. The molecule has 0 saturated carbocycles. The minimum atomic E-state index is -1.50. The largest absolute Gasteiger partial charge is 0.480 e. The van der Waals surface area contributed by atoms with Crippen LogP contribution in [0.5, 0.6) is 0 Å². The van der Waals surface area contributed by atoms with Crippen LogP contribution in [0.2, 0.25) is 0 Å². The molecule has 1 heterocycles. The van der Waals surface area contributed by atoms with Gasteiger partial charge < -0.3 is 15.4 Å². The number of nitrogens with zero attached hydrogens (tertiary/aromatic N) is 2. The molecule has 3 N–H and O–H groups in total. The van der Waals surface area contributed by atoms with Gasteiger partial charge >= 0.3 is 5.97 Å². The lowest BCUT2D eigenvalue weighted by atomic mass is 9.91. The number of hydrogen-bond acceptors (Lipinski definition) is 3. The summed E-state index contributed by atoms with van der Waals surface area (Å²) in [5.74, 6) is -1.06. The van der Waals surface area contributed by atoms with Crippen molar-refractivity contribution in [2.75, 3.05) is 0 Å². The van der Waals surface area contributed by atoms with Crippen LogP contribution in [0.15, 0.2) is 60.9 Å². The summed E-state index contributed by atoms with van der Waals surface area (Å²) in [5, 5.41) is 9.60. The number of aliphatic carboxylic acids is 1. The molecule has 2 aromatic carbocycles. The van der Waals surface area contributed by atoms with Crippen LogP contribution in [0.1, 0.15) is 5.56 Å². The molecule has 0 aliphatic heterocycles. The lowest BCUT2D eigenvalue weighted by Crippen LogP contribution is -2.48. The Bertz CT molecular complexity index is 782. The third kappa shape index (κ3) is 2.28. The van der Waals surface area contributed by atoms with Gasteiger partial charge in [-0.25, -0.2) is 9.78 Å². The average Bonchev–Trinajstić information content (AvgIpc) is 2.91. The standard InChI is InChI=1S/C16H15N3O2/c17-16(15(20)21,12-6-2-1-3-7-12)10-19-11-18-13-8-4-5-9-14(13)19/h1-9,11H,10,17H2,(H,20,21). The zero-order valence-corrected chi connectivity index (χ0v) is 11.3. The van der Waals surface area contributed by atoms with E-state index in [0.717, 1.165) is 11.0 Å². The van der Waals surface area contributed by atoms with Crippen molar-refractivity contribution in [2.45, 2.75) is 12.1 Å². The number of para-hydroxylation sites is 2. The smallest absolute Gasteiger partial charge is 0.330 e. The lowest BCUT2D eigenvalue weighted by Gasteiger charge is -2.26. The number of imidazole rings is 1. The number of fused-ring (bicyclic) bond motifs is 1. The van der Waals surface area contributed by atoms with Crippen molar-refractivity contribution in [1.82, 2.24) is 9.55 Å². The molecule has 1 atom stereocenters. The summed E-state index contributed by atoms with van der Waals surface area (Å²) in [5.41, 5.74) is 6.95. The Hall–Kier alpha value is -2.66. The van der Waals surface area contributed by atoms with E-state index in [0.29, 0.717) is 5.56 Å². The molecular weight excluding hydrogens is 266 g/mol. The minimum Gasteiger partial charge on any atom is -0.480 e. The monoisotopic (exact) mass is 281 g/mol. The predicted octanol–water partition coefficient (Wildman–Crippen LogP) is 1.98. The van der Waals surface area contributed by atoms with E-state index in [1.807, 2.05) is 30.3 Å². The Balaban J connectivity index is 2.06. The summed E-state index contributed by atoms with van der Waals surface area (Å²) in [4.78, 5) is 16.0. The van der Waals surface area contributed by atoms with Crippen molar-refractivity contribution in [3.8, 4) is 0 Å². The van der Waals surface area contributed by atoms with Gasteiger partial charge in [0.25, 0.3) is 0 Å². The topological polar surface area (TPSA) is 81.1 Å². The number of nitrogens with two attached hydrogens (primary N) is 1. The molecule has 5 heteroatoms. The van der Waals surface area contributed by atoms with Gasteiger partial charge in [0.1, 0.15) is 0 Å². The van der Waals surface area contributed by atoms with Crippen molar-refractivity contribution in [3.63, 3.8) is 0 Å². The second kappa shape index (κ2) is 5.03. The number of carbonyl (C=O) groups is 1. The van der Waals surface area contributed by atoms with Crippen LogP contribution in [0.25, 0.3) is 11.0 Å². The fourth-order valence-electron chi connectivity index (χ4n) is 2.42. The van der Waals surface area contributed by atoms with E-state index in [1.54, 1.807) is 35.2 Å². The number of hydrogen-bond donors (Lipinski definition) is 2. The normalized spacial score (nSPS) is 14.0. The highest BCUT2D eigenvalue weighted by atomic mass is 16.4. The molecule has 1 unspecified atom stereocenters. The van der Waals surface area contributed by atoms with E-state index in [-0.39, 0.29) is 6.54 Å². The van der Waals surface area contributed by atoms with E-state index in [4.69, 9.17) is 5.73 Å². The van der Waals surface area contributed by atoms with E-state index < -0.39 is 11.5 Å². The summed E-state index contributed by atoms with van der Waals surface area (Å²) in [7, 11) is 0. The SMILES string of the molecule is NC(Cn1cnc2ccccc21)(C(=O)O)c1ccccc1. The molecule has 0 saturated heterocycles. The third-order valence-corrected chi connectivity index (χ3v) is 3.62. The Morgan fingerprint density at radius 2 is 1.81 bits per heavy atom. The van der Waals surface area contributed by atoms with E-state index in [9.17, 15) is 9.90 Å². The molecule has 0 fully saturated rings. The van der Waals surface area contributed by atoms with Crippen LogP contribution in [-0.4, -0.2) is 20.6 Å². The fraction of sp³-hybridized carbons (Fsp3) is 0.125. The Morgan fingerprint density at radius 3 is 2.52 bits per heavy atom. The van der Waals surface area contributed by atoms with Crippen LogP contribution in [0, 0.1) is 0 Å². The molecule has 3 rings (SSSR count). The molecule has 0 aliphatic carbocycles. The number of carboxylic acids is 1. The van der Waals surface area contributed by atoms with Gasteiger partial charge in [-0.3, -0.25) is 0 Å². The Kier molecular flexibility index (Phi) is 3.19. The van der Waals surface area contributed by atoms with Crippen LogP contribution in [0.4, 0.5) is 0 Å². The molecule has 1 aromatic heterocycles. The maximum absolute atomic E-state index is 11.7. The van der Waals surface area contributed by atoms with Crippen molar-refractivity contribution >= 4 is 17.0 Å². The first kappa shape index (κ1) is 13.3. The number of carboxylic acid groups (broad SMARTS) is 1. The molecular formula is C16H15N3O2. The highest BCUT2D eigenvalue weighted by Gasteiger charge is 2.36. The lowest BCUT2D eigenvalue weighted by molar-refractivity contribution is -0.144. The zero-order valence-electron chi connectivity index (χ0n) is 11.3. The summed E-state index contributed by atoms with van der Waals surface area (Å²) >= 11 is 0. The van der Waals surface area contributed by atoms with Crippen molar-refractivity contribution in [3.05, 3.63) is 66.5 Å². The van der Waals surface area contributed by atoms with Crippen molar-refractivity contribution in [1.29, 1.82) is 0 Å². The zero-order chi connectivity index (χ0) is 14.9. The number of benzene rings is 2. The molecule has 0 bridgehead atoms. The highest BCUT2D eigenvalue weighted by molar-refractivity contribution is 5.81. The highest BCUT2D eigenvalue weighted by Crippen LogP contribution is 2.23. The van der Waals surface area contributed by atoms with Gasteiger partial charge in [0.15, 0.2) is 5.54 Å². The quantitative estimate of drug-likeness (QED) is 0.766. The van der Waals surface area contributed by atoms with Gasteiger partial charge in [-0.15, -0.1) is 0 Å². The van der Waals surface area contributed by atoms with Gasteiger partial charge in [-0.1, -0.05) is 42.5 Å². The number of rotatable bonds is 4.